The van der Waals surface area contributed by atoms with Crippen molar-refractivity contribution in [3.05, 3.63) is 5.82 Å². The van der Waals surface area contributed by atoms with E-state index in [2.05, 4.69) is 10.2 Å². The van der Waals surface area contributed by atoms with E-state index in [0.717, 1.165) is 0 Å². The largest absolute Gasteiger partial charge is 0.475 e. The first-order valence-corrected chi connectivity index (χ1v) is 3.99. The highest BCUT2D eigenvalue weighted by Gasteiger charge is 2.18. The molecule has 0 amide bonds. The molecule has 0 saturated heterocycles. The fourth-order valence-corrected chi connectivity index (χ4v) is 0.829. The molecule has 1 heterocycles. The molecule has 12 heavy (non-hydrogen) atoms. The van der Waals surface area contributed by atoms with Crippen LogP contribution in [0.5, 0.6) is 0 Å². The van der Waals surface area contributed by atoms with E-state index in [9.17, 15) is 13.2 Å². The second-order valence-corrected chi connectivity index (χ2v) is 3.10. The lowest BCUT2D eigenvalue weighted by Gasteiger charge is -1.85. The van der Waals surface area contributed by atoms with Crippen LogP contribution in [-0.4, -0.2) is 39.2 Å². The van der Waals surface area contributed by atoms with Crippen molar-refractivity contribution in [2.75, 3.05) is 0 Å². The standard InChI is InChI=1S/C3H3N3O5S/c7-2(8)1-4-3(6-5-1)12(9,10)11/h(H,7,8)(H,4,5,6)(H,9,10,11). The second-order valence-electron chi connectivity index (χ2n) is 1.76. The molecule has 0 bridgehead atoms. The zero-order valence-corrected chi connectivity index (χ0v) is 6.24. The summed E-state index contributed by atoms with van der Waals surface area (Å²) in [6.07, 6.45) is 0. The molecule has 66 valence electrons. The monoisotopic (exact) mass is 193 g/mol. The quantitative estimate of drug-likeness (QED) is 0.499. The summed E-state index contributed by atoms with van der Waals surface area (Å²) in [7, 11) is -4.51. The van der Waals surface area contributed by atoms with Crippen LogP contribution >= 0.6 is 0 Å². The summed E-state index contributed by atoms with van der Waals surface area (Å²) >= 11 is 0. The maximum atomic E-state index is 10.3. The van der Waals surface area contributed by atoms with Gasteiger partial charge in [0, 0.05) is 0 Å². The Labute approximate surface area is 66.0 Å². The van der Waals surface area contributed by atoms with Crippen LogP contribution in [0.1, 0.15) is 10.6 Å². The van der Waals surface area contributed by atoms with Gasteiger partial charge in [0.15, 0.2) is 0 Å². The van der Waals surface area contributed by atoms with Crippen LogP contribution in [0.25, 0.3) is 0 Å². The molecule has 0 aromatic carbocycles. The molecule has 0 radical (unpaired) electrons. The van der Waals surface area contributed by atoms with Gasteiger partial charge in [-0.05, 0) is 0 Å². The van der Waals surface area contributed by atoms with Gasteiger partial charge in [0.05, 0.1) is 0 Å². The van der Waals surface area contributed by atoms with E-state index in [1.54, 1.807) is 4.98 Å². The number of carbonyl (C=O) groups is 1. The predicted octanol–water partition coefficient (Wildman–Crippen LogP) is -1.25. The number of hydrogen-bond donors (Lipinski definition) is 3. The highest BCUT2D eigenvalue weighted by molar-refractivity contribution is 7.85. The molecule has 0 saturated carbocycles. The fraction of sp³-hybridized carbons (Fsp3) is 0. The zero-order valence-electron chi connectivity index (χ0n) is 5.42. The summed E-state index contributed by atoms with van der Waals surface area (Å²) in [5, 5.41) is 13.2. The number of carboxylic acids is 1. The molecular formula is C3H3N3O5S. The zero-order chi connectivity index (χ0) is 9.35. The average Bonchev–Trinajstić information content (AvgIpc) is 2.30. The van der Waals surface area contributed by atoms with E-state index in [-0.39, 0.29) is 0 Å². The summed E-state index contributed by atoms with van der Waals surface area (Å²) in [6, 6.07) is 0. The Kier molecular flexibility index (Phi) is 1.82. The summed E-state index contributed by atoms with van der Waals surface area (Å²) < 4.78 is 28.9. The molecule has 8 nitrogen and oxygen atoms in total. The van der Waals surface area contributed by atoms with Gasteiger partial charge in [0.1, 0.15) is 0 Å². The lowest BCUT2D eigenvalue weighted by atomic mass is 10.7. The van der Waals surface area contributed by atoms with E-state index in [0.29, 0.717) is 0 Å². The van der Waals surface area contributed by atoms with Gasteiger partial charge in [-0.1, -0.05) is 0 Å². The third-order valence-corrected chi connectivity index (χ3v) is 1.59. The summed E-state index contributed by atoms with van der Waals surface area (Å²) in [5.74, 6) is -2.11. The minimum absolute atomic E-state index is 0.650. The molecule has 0 fully saturated rings. The van der Waals surface area contributed by atoms with Crippen LogP contribution in [0.4, 0.5) is 0 Å². The van der Waals surface area contributed by atoms with Crippen molar-refractivity contribution in [3.63, 3.8) is 0 Å². The topological polar surface area (TPSA) is 133 Å². The Morgan fingerprint density at radius 1 is 1.42 bits per heavy atom. The smallest absolute Gasteiger partial charge is 0.373 e. The van der Waals surface area contributed by atoms with E-state index in [4.69, 9.17) is 9.66 Å². The first-order chi connectivity index (χ1) is 5.41. The maximum Gasteiger partial charge on any atom is 0.373 e. The molecule has 1 rings (SSSR count). The third kappa shape index (κ3) is 1.57. The summed E-state index contributed by atoms with van der Waals surface area (Å²) in [6.45, 7) is 0. The molecule has 0 aliphatic carbocycles. The first-order valence-electron chi connectivity index (χ1n) is 2.54. The van der Waals surface area contributed by atoms with E-state index < -0.39 is 27.1 Å². The Bertz CT molecular complexity index is 405. The van der Waals surface area contributed by atoms with Crippen molar-refractivity contribution in [3.8, 4) is 0 Å². The minimum Gasteiger partial charge on any atom is -0.475 e. The van der Waals surface area contributed by atoms with Crippen molar-refractivity contribution >= 4 is 16.1 Å². The van der Waals surface area contributed by atoms with Gasteiger partial charge in [-0.15, -0.1) is 10.2 Å². The van der Waals surface area contributed by atoms with Gasteiger partial charge in [-0.3, -0.25) is 4.55 Å². The van der Waals surface area contributed by atoms with Crippen LogP contribution in [0.2, 0.25) is 0 Å². The van der Waals surface area contributed by atoms with E-state index in [1.165, 1.54) is 0 Å². The lowest BCUT2D eigenvalue weighted by Crippen LogP contribution is -2.02. The number of nitrogens with zero attached hydrogens (tertiary/aromatic N) is 2. The number of aromatic nitrogens is 3. The van der Waals surface area contributed by atoms with Crippen LogP contribution in [0.15, 0.2) is 5.16 Å². The minimum atomic E-state index is -4.51. The van der Waals surface area contributed by atoms with Crippen molar-refractivity contribution in [1.29, 1.82) is 0 Å². The molecule has 0 aliphatic rings. The van der Waals surface area contributed by atoms with Gasteiger partial charge in [0.2, 0.25) is 5.82 Å². The van der Waals surface area contributed by atoms with Crippen molar-refractivity contribution in [2.24, 2.45) is 0 Å². The predicted molar refractivity (Wildman–Crippen MR) is 33.2 cm³/mol. The van der Waals surface area contributed by atoms with Crippen molar-refractivity contribution < 1.29 is 22.9 Å². The maximum absolute atomic E-state index is 10.3. The van der Waals surface area contributed by atoms with Crippen LogP contribution in [0.3, 0.4) is 0 Å². The molecule has 1 aromatic rings. The summed E-state index contributed by atoms with van der Waals surface area (Å²) in [5.41, 5.74) is 0. The normalized spacial score (nSPS) is 11.4. The van der Waals surface area contributed by atoms with Crippen LogP contribution in [-0.2, 0) is 10.1 Å². The Morgan fingerprint density at radius 2 is 2.00 bits per heavy atom. The number of aromatic carboxylic acids is 1. The molecule has 0 atom stereocenters. The fourth-order valence-electron chi connectivity index (χ4n) is 0.459. The second kappa shape index (κ2) is 2.53. The molecule has 0 spiro atoms. The number of carboxylic acid groups (broad SMARTS) is 1. The molecular weight excluding hydrogens is 190 g/mol. The van der Waals surface area contributed by atoms with Crippen molar-refractivity contribution in [2.45, 2.75) is 5.16 Å². The molecule has 0 unspecified atom stereocenters. The lowest BCUT2D eigenvalue weighted by molar-refractivity contribution is 0.0684. The number of H-pyrrole nitrogens is 1. The third-order valence-electron chi connectivity index (χ3n) is 0.913. The van der Waals surface area contributed by atoms with Gasteiger partial charge < -0.3 is 10.1 Å². The van der Waals surface area contributed by atoms with Gasteiger partial charge in [-0.25, -0.2) is 4.79 Å². The van der Waals surface area contributed by atoms with E-state index in [1.807, 2.05) is 0 Å². The molecule has 9 heteroatoms. The molecule has 3 N–H and O–H groups in total. The Balaban J connectivity index is 3.17. The van der Waals surface area contributed by atoms with Crippen LogP contribution < -0.4 is 0 Å². The first kappa shape index (κ1) is 8.62. The van der Waals surface area contributed by atoms with Crippen molar-refractivity contribution in [1.82, 2.24) is 15.2 Å². The average molecular weight is 193 g/mol. The van der Waals surface area contributed by atoms with Gasteiger partial charge in [-0.2, -0.15) is 8.42 Å². The molecule has 1 aromatic heterocycles. The van der Waals surface area contributed by atoms with Crippen LogP contribution in [0, 0.1) is 0 Å². The molecule has 0 aliphatic heterocycles. The number of nitrogens with one attached hydrogen (secondary N) is 1. The number of rotatable bonds is 2. The number of hydrogen-bond acceptors (Lipinski definition) is 5. The highest BCUT2D eigenvalue weighted by Crippen LogP contribution is 1.99. The summed E-state index contributed by atoms with van der Waals surface area (Å²) in [4.78, 5) is 11.9. The SMILES string of the molecule is O=C(O)c1nnc(S(=O)(=O)O)[nH]1. The van der Waals surface area contributed by atoms with Gasteiger partial charge in [0.25, 0.3) is 5.16 Å². The van der Waals surface area contributed by atoms with Gasteiger partial charge >= 0.3 is 16.1 Å². The Morgan fingerprint density at radius 3 is 2.25 bits per heavy atom. The Hall–Kier alpha value is -1.48. The number of aromatic amines is 1. The highest BCUT2D eigenvalue weighted by atomic mass is 32.2. The van der Waals surface area contributed by atoms with E-state index >= 15 is 0 Å².